The molecule has 0 atom stereocenters. The Kier molecular flexibility index (Phi) is 5.17. The fourth-order valence-electron chi connectivity index (χ4n) is 1.89. The van der Waals surface area contributed by atoms with Crippen molar-refractivity contribution in [1.82, 2.24) is 0 Å². The monoisotopic (exact) mass is 353 g/mol. The Labute approximate surface area is 138 Å². The Morgan fingerprint density at radius 3 is 2.16 bits per heavy atom. The van der Waals surface area contributed by atoms with Crippen LogP contribution in [0, 0.1) is 20.2 Å². The summed E-state index contributed by atoms with van der Waals surface area (Å²) in [6.45, 7) is -3.05. The number of alkyl halides is 2. The molecule has 0 bridgehead atoms. The van der Waals surface area contributed by atoms with Gasteiger partial charge in [0.1, 0.15) is 5.75 Å². The molecule has 1 amide bonds. The predicted molar refractivity (Wildman–Crippen MR) is 80.8 cm³/mol. The van der Waals surface area contributed by atoms with Gasteiger partial charge in [0.15, 0.2) is 0 Å². The van der Waals surface area contributed by atoms with Crippen molar-refractivity contribution in [3.8, 4) is 5.75 Å². The van der Waals surface area contributed by atoms with E-state index in [0.29, 0.717) is 6.07 Å². The van der Waals surface area contributed by atoms with E-state index in [-0.39, 0.29) is 17.0 Å². The Morgan fingerprint density at radius 2 is 1.64 bits per heavy atom. The molecule has 0 aliphatic carbocycles. The highest BCUT2D eigenvalue weighted by molar-refractivity contribution is 6.05. The number of nitro benzene ring substituents is 2. The Bertz CT molecular complexity index is 811. The van der Waals surface area contributed by atoms with Gasteiger partial charge in [0.2, 0.25) is 0 Å². The molecular weight excluding hydrogens is 344 g/mol. The van der Waals surface area contributed by atoms with Crippen LogP contribution < -0.4 is 10.1 Å². The number of non-ortho nitro benzene ring substituents is 2. The molecule has 0 fully saturated rings. The van der Waals surface area contributed by atoms with Crippen molar-refractivity contribution in [3.63, 3.8) is 0 Å². The number of nitrogens with one attached hydrogen (secondary N) is 1. The molecule has 2 rings (SSSR count). The molecule has 11 heteroatoms. The highest BCUT2D eigenvalue weighted by Gasteiger charge is 2.20. The number of nitrogens with zero attached hydrogens (tertiary/aromatic N) is 2. The lowest BCUT2D eigenvalue weighted by atomic mass is 10.1. The van der Waals surface area contributed by atoms with Gasteiger partial charge in [-0.1, -0.05) is 6.07 Å². The molecule has 2 aromatic rings. The van der Waals surface area contributed by atoms with Gasteiger partial charge in [0.05, 0.1) is 21.5 Å². The van der Waals surface area contributed by atoms with Crippen LogP contribution in [0.15, 0.2) is 42.5 Å². The number of carbonyl (C=O) groups excluding carboxylic acids is 1. The third kappa shape index (κ3) is 4.67. The molecule has 0 heterocycles. The van der Waals surface area contributed by atoms with Crippen molar-refractivity contribution >= 4 is 23.0 Å². The minimum atomic E-state index is -3.05. The molecule has 0 aliphatic heterocycles. The quantitative estimate of drug-likeness (QED) is 0.627. The van der Waals surface area contributed by atoms with E-state index in [1.165, 1.54) is 18.2 Å². The van der Waals surface area contributed by atoms with Crippen molar-refractivity contribution in [2.45, 2.75) is 6.61 Å². The van der Waals surface area contributed by atoms with Crippen LogP contribution in [0.4, 0.5) is 25.8 Å². The lowest BCUT2D eigenvalue weighted by Gasteiger charge is -2.08. The van der Waals surface area contributed by atoms with Crippen molar-refractivity contribution < 1.29 is 28.2 Å². The number of halogens is 2. The van der Waals surface area contributed by atoms with E-state index in [1.54, 1.807) is 0 Å². The Hall–Kier alpha value is -3.63. The fourth-order valence-corrected chi connectivity index (χ4v) is 1.89. The van der Waals surface area contributed by atoms with E-state index in [4.69, 9.17) is 0 Å². The summed E-state index contributed by atoms with van der Waals surface area (Å²) < 4.78 is 28.5. The van der Waals surface area contributed by atoms with Crippen LogP contribution in [0.1, 0.15) is 10.4 Å². The minimum Gasteiger partial charge on any atom is -0.435 e. The number of ether oxygens (including phenoxy) is 1. The van der Waals surface area contributed by atoms with E-state index < -0.39 is 33.7 Å². The molecule has 0 unspecified atom stereocenters. The van der Waals surface area contributed by atoms with Gasteiger partial charge in [0.25, 0.3) is 17.3 Å². The SMILES string of the molecule is O=C(Nc1cccc(OC(F)F)c1)c1cc([N+](=O)[O-])cc([N+](=O)[O-])c1. The van der Waals surface area contributed by atoms with Crippen molar-refractivity contribution in [1.29, 1.82) is 0 Å². The van der Waals surface area contributed by atoms with E-state index >= 15 is 0 Å². The average Bonchev–Trinajstić information content (AvgIpc) is 2.54. The fraction of sp³-hybridized carbons (Fsp3) is 0.0714. The molecule has 0 saturated carbocycles. The van der Waals surface area contributed by atoms with Crippen LogP contribution in [0.2, 0.25) is 0 Å². The first-order valence-electron chi connectivity index (χ1n) is 6.56. The van der Waals surface area contributed by atoms with Gasteiger partial charge < -0.3 is 10.1 Å². The second-order valence-corrected chi connectivity index (χ2v) is 4.61. The Balaban J connectivity index is 2.29. The molecule has 1 N–H and O–H groups in total. The number of rotatable bonds is 6. The Morgan fingerprint density at radius 1 is 1.04 bits per heavy atom. The number of amides is 1. The van der Waals surface area contributed by atoms with Crippen LogP contribution in [-0.2, 0) is 0 Å². The average molecular weight is 353 g/mol. The van der Waals surface area contributed by atoms with Crippen LogP contribution in [0.3, 0.4) is 0 Å². The summed E-state index contributed by atoms with van der Waals surface area (Å²) >= 11 is 0. The van der Waals surface area contributed by atoms with Crippen LogP contribution in [0.25, 0.3) is 0 Å². The summed E-state index contributed by atoms with van der Waals surface area (Å²) in [7, 11) is 0. The summed E-state index contributed by atoms with van der Waals surface area (Å²) in [6, 6.07) is 7.48. The molecule has 0 aromatic heterocycles. The van der Waals surface area contributed by atoms with Gasteiger partial charge in [-0.3, -0.25) is 25.0 Å². The van der Waals surface area contributed by atoms with Crippen LogP contribution >= 0.6 is 0 Å². The largest absolute Gasteiger partial charge is 0.435 e. The second-order valence-electron chi connectivity index (χ2n) is 4.61. The summed E-state index contributed by atoms with van der Waals surface area (Å²) in [6.07, 6.45) is 0. The topological polar surface area (TPSA) is 125 Å². The summed E-state index contributed by atoms with van der Waals surface area (Å²) in [5.74, 6) is -1.10. The second kappa shape index (κ2) is 7.29. The van der Waals surface area contributed by atoms with Crippen LogP contribution in [-0.4, -0.2) is 22.4 Å². The maximum Gasteiger partial charge on any atom is 0.387 e. The summed E-state index contributed by atoms with van der Waals surface area (Å²) in [4.78, 5) is 32.0. The number of hydrogen-bond acceptors (Lipinski definition) is 6. The van der Waals surface area contributed by atoms with Crippen molar-refractivity contribution in [3.05, 3.63) is 68.3 Å². The zero-order chi connectivity index (χ0) is 18.6. The van der Waals surface area contributed by atoms with Gasteiger partial charge in [0, 0.05) is 23.9 Å². The number of anilines is 1. The maximum absolute atomic E-state index is 12.2. The highest BCUT2D eigenvalue weighted by Crippen LogP contribution is 2.24. The molecule has 0 aliphatic rings. The smallest absolute Gasteiger partial charge is 0.387 e. The zero-order valence-electron chi connectivity index (χ0n) is 12.2. The molecule has 2 aromatic carbocycles. The van der Waals surface area contributed by atoms with E-state index in [9.17, 15) is 33.8 Å². The standard InChI is InChI=1S/C14H9F2N3O6/c15-14(16)25-12-3-1-2-9(6-12)17-13(20)8-4-10(18(21)22)7-11(5-8)19(23)24/h1-7,14H,(H,17,20). The van der Waals surface area contributed by atoms with Gasteiger partial charge in [-0.15, -0.1) is 0 Å². The first-order valence-corrected chi connectivity index (χ1v) is 6.56. The molecule has 130 valence electrons. The van der Waals surface area contributed by atoms with Gasteiger partial charge in [-0.2, -0.15) is 8.78 Å². The summed E-state index contributed by atoms with van der Waals surface area (Å²) in [5.41, 5.74) is -1.53. The molecule has 0 radical (unpaired) electrons. The zero-order valence-corrected chi connectivity index (χ0v) is 12.2. The van der Waals surface area contributed by atoms with Crippen molar-refractivity contribution in [2.24, 2.45) is 0 Å². The molecular formula is C14H9F2N3O6. The summed E-state index contributed by atoms with van der Waals surface area (Å²) in [5, 5.41) is 23.9. The minimum absolute atomic E-state index is 0.0670. The first kappa shape index (κ1) is 17.7. The predicted octanol–water partition coefficient (Wildman–Crippen LogP) is 3.36. The number of hydrogen-bond donors (Lipinski definition) is 1. The first-order chi connectivity index (χ1) is 11.8. The van der Waals surface area contributed by atoms with Gasteiger partial charge in [-0.05, 0) is 12.1 Å². The molecule has 9 nitrogen and oxygen atoms in total. The van der Waals surface area contributed by atoms with E-state index in [0.717, 1.165) is 18.2 Å². The van der Waals surface area contributed by atoms with Gasteiger partial charge >= 0.3 is 6.61 Å². The molecule has 0 saturated heterocycles. The van der Waals surface area contributed by atoms with E-state index in [1.807, 2.05) is 0 Å². The normalized spacial score (nSPS) is 10.4. The molecule has 0 spiro atoms. The maximum atomic E-state index is 12.2. The number of carbonyl (C=O) groups is 1. The van der Waals surface area contributed by atoms with Crippen LogP contribution in [0.5, 0.6) is 5.75 Å². The van der Waals surface area contributed by atoms with E-state index in [2.05, 4.69) is 10.1 Å². The number of benzene rings is 2. The third-order valence-corrected chi connectivity index (χ3v) is 2.90. The molecule has 25 heavy (non-hydrogen) atoms. The van der Waals surface area contributed by atoms with Crippen molar-refractivity contribution in [2.75, 3.05) is 5.32 Å². The van der Waals surface area contributed by atoms with Gasteiger partial charge in [-0.25, -0.2) is 0 Å². The number of nitro groups is 2. The lowest BCUT2D eigenvalue weighted by Crippen LogP contribution is -2.13. The third-order valence-electron chi connectivity index (χ3n) is 2.90. The highest BCUT2D eigenvalue weighted by atomic mass is 19.3. The lowest BCUT2D eigenvalue weighted by molar-refractivity contribution is -0.394.